The van der Waals surface area contributed by atoms with Crippen LogP contribution in [0.1, 0.15) is 22.8 Å². The second-order valence-corrected chi connectivity index (χ2v) is 7.06. The predicted molar refractivity (Wildman–Crippen MR) is 99.1 cm³/mol. The molecule has 0 radical (unpaired) electrons. The molecule has 0 spiro atoms. The first-order valence-corrected chi connectivity index (χ1v) is 9.16. The Morgan fingerprint density at radius 3 is 1.79 bits per heavy atom. The number of alkyl halides is 6. The molecule has 3 rings (SSSR count). The van der Waals surface area contributed by atoms with E-state index < -0.39 is 55.9 Å². The van der Waals surface area contributed by atoms with E-state index in [4.69, 9.17) is 32.9 Å². The largest absolute Gasteiger partial charge is 0.438 e. The normalized spacial score (nSPS) is 12.2. The average molecular weight is 520 g/mol. The summed E-state index contributed by atoms with van der Waals surface area (Å²) in [5.41, 5.74) is -4.41. The number of nitrogens with zero attached hydrogens (tertiary/aromatic N) is 5. The van der Waals surface area contributed by atoms with E-state index in [1.807, 2.05) is 0 Å². The summed E-state index contributed by atoms with van der Waals surface area (Å²) >= 11 is 11.2. The van der Waals surface area contributed by atoms with E-state index >= 15 is 0 Å². The van der Waals surface area contributed by atoms with Gasteiger partial charge in [0.25, 0.3) is 0 Å². The number of hydrogen-bond acceptors (Lipinski definition) is 6. The van der Waals surface area contributed by atoms with Crippen LogP contribution in [0.4, 0.5) is 32.0 Å². The first-order valence-electron chi connectivity index (χ1n) is 8.41. The van der Waals surface area contributed by atoms with Crippen LogP contribution in [0.3, 0.4) is 0 Å². The first-order chi connectivity index (χ1) is 15.1. The third-order valence-corrected chi connectivity index (χ3v) is 4.86. The fourth-order valence-electron chi connectivity index (χ4n) is 2.54. The number of aromatic nitrogens is 4. The molecule has 9 nitrogen and oxygen atoms in total. The van der Waals surface area contributed by atoms with Crippen LogP contribution in [0, 0.1) is 24.0 Å². The lowest BCUT2D eigenvalue weighted by Crippen LogP contribution is -2.20. The molecule has 0 aliphatic carbocycles. The van der Waals surface area contributed by atoms with Crippen molar-refractivity contribution in [2.24, 2.45) is 0 Å². The Hall–Kier alpha value is -3.20. The molecule has 0 saturated heterocycles. The third-order valence-electron chi connectivity index (χ3n) is 3.96. The van der Waals surface area contributed by atoms with Gasteiger partial charge in [-0.3, -0.25) is 10.1 Å². The van der Waals surface area contributed by atoms with E-state index in [0.29, 0.717) is 6.07 Å². The van der Waals surface area contributed by atoms with Crippen molar-refractivity contribution < 1.29 is 40.9 Å². The highest BCUT2D eigenvalue weighted by atomic mass is 35.5. The lowest BCUT2D eigenvalue weighted by atomic mass is 10.3. The predicted octanol–water partition coefficient (Wildman–Crippen LogP) is 5.63. The molecule has 1 aromatic carbocycles. The van der Waals surface area contributed by atoms with Crippen molar-refractivity contribution in [2.45, 2.75) is 26.2 Å². The van der Waals surface area contributed by atoms with Gasteiger partial charge in [0.1, 0.15) is 0 Å². The van der Waals surface area contributed by atoms with Crippen molar-refractivity contribution in [1.29, 1.82) is 0 Å². The molecule has 3 aromatic rings. The topological polar surface area (TPSA) is 97.2 Å². The Kier molecular flexibility index (Phi) is 6.14. The van der Waals surface area contributed by atoms with Gasteiger partial charge >= 0.3 is 18.0 Å². The lowest BCUT2D eigenvalue weighted by molar-refractivity contribution is -0.386. The van der Waals surface area contributed by atoms with Gasteiger partial charge < -0.3 is 9.68 Å². The van der Waals surface area contributed by atoms with Crippen LogP contribution in [-0.4, -0.2) is 24.8 Å². The van der Waals surface area contributed by atoms with E-state index in [9.17, 15) is 36.5 Å². The highest BCUT2D eigenvalue weighted by molar-refractivity contribution is 6.32. The molecular formula is C16H9Cl2F6N5O4. The maximum absolute atomic E-state index is 13.3. The number of halogens is 8. The second kappa shape index (κ2) is 8.30. The minimum absolute atomic E-state index is 0.0265. The van der Waals surface area contributed by atoms with Crippen molar-refractivity contribution in [3.05, 3.63) is 61.1 Å². The maximum Gasteiger partial charge on any atom is 0.438 e. The minimum atomic E-state index is -5.05. The van der Waals surface area contributed by atoms with Gasteiger partial charge in [0.15, 0.2) is 5.75 Å². The van der Waals surface area contributed by atoms with Crippen molar-refractivity contribution in [3.63, 3.8) is 0 Å². The van der Waals surface area contributed by atoms with E-state index in [1.165, 1.54) is 6.92 Å². The molecule has 17 heteroatoms. The van der Waals surface area contributed by atoms with Gasteiger partial charge in [-0.15, -0.1) is 10.2 Å². The summed E-state index contributed by atoms with van der Waals surface area (Å²) in [5.74, 6) is -1.35. The van der Waals surface area contributed by atoms with Crippen LogP contribution in [0.25, 0.3) is 0 Å². The van der Waals surface area contributed by atoms with Gasteiger partial charge in [0.05, 0.1) is 26.4 Å². The molecule has 0 fully saturated rings. The van der Waals surface area contributed by atoms with Crippen molar-refractivity contribution in [3.8, 4) is 11.5 Å². The van der Waals surface area contributed by atoms with E-state index in [0.717, 1.165) is 19.1 Å². The van der Waals surface area contributed by atoms with Crippen LogP contribution in [0.15, 0.2) is 18.2 Å². The summed E-state index contributed by atoms with van der Waals surface area (Å²) in [6, 6.07) is 2.29. The van der Waals surface area contributed by atoms with Gasteiger partial charge in [-0.1, -0.05) is 32.9 Å². The molecule has 2 aromatic heterocycles. The zero-order valence-electron chi connectivity index (χ0n) is 16.1. The van der Waals surface area contributed by atoms with Crippen LogP contribution in [-0.2, 0) is 12.4 Å². The Morgan fingerprint density at radius 2 is 1.36 bits per heavy atom. The molecular weight excluding hydrogens is 511 g/mol. The van der Waals surface area contributed by atoms with Crippen molar-refractivity contribution in [2.75, 3.05) is 0 Å². The number of aryl methyl sites for hydroxylation is 2. The van der Waals surface area contributed by atoms with Crippen molar-refractivity contribution >= 4 is 28.9 Å². The van der Waals surface area contributed by atoms with Crippen LogP contribution in [0.2, 0.25) is 10.0 Å². The van der Waals surface area contributed by atoms with E-state index in [-0.39, 0.29) is 21.1 Å². The average Bonchev–Trinajstić information content (AvgIpc) is 3.09. The molecule has 0 aliphatic heterocycles. The Morgan fingerprint density at radius 1 is 0.909 bits per heavy atom. The summed E-state index contributed by atoms with van der Waals surface area (Å²) in [7, 11) is 0. The second-order valence-electron chi connectivity index (χ2n) is 6.31. The Labute approximate surface area is 189 Å². The summed E-state index contributed by atoms with van der Waals surface area (Å²) in [6.45, 7) is 2.30. The fraction of sp³-hybridized carbons (Fsp3) is 0.250. The molecule has 33 heavy (non-hydrogen) atoms. The summed E-state index contributed by atoms with van der Waals surface area (Å²) in [5, 5.41) is 16.7. The third kappa shape index (κ3) is 4.78. The molecule has 0 aliphatic rings. The zero-order chi connectivity index (χ0) is 24.9. The monoisotopic (exact) mass is 519 g/mol. The molecule has 0 atom stereocenters. The number of nitro benzene ring substituents is 1. The Balaban J connectivity index is 2.07. The van der Waals surface area contributed by atoms with Gasteiger partial charge in [-0.2, -0.15) is 26.3 Å². The van der Waals surface area contributed by atoms with Gasteiger partial charge in [0.2, 0.25) is 17.1 Å². The van der Waals surface area contributed by atoms with Crippen LogP contribution >= 0.6 is 23.2 Å². The number of rotatable bonds is 5. The standard InChI is InChI=1S/C16H9Cl2F6N5O4/c1-6-11(17)13(15(19,20)21)27(25-6)32-8-3-4-9(29(30)31)10(5-8)33-28-14(16(22,23)24)12(18)7(2)26-28/h3-5H,1-2H3. The zero-order valence-corrected chi connectivity index (χ0v) is 17.6. The SMILES string of the molecule is Cc1nn(Oc2ccc([N+](=O)[O-])c(On3nc(C)c(Cl)c3C(F)(F)F)c2)c(C(F)(F)F)c1Cl. The quantitative estimate of drug-likeness (QED) is 0.246. The van der Waals surface area contributed by atoms with Crippen LogP contribution in [0.5, 0.6) is 11.5 Å². The van der Waals surface area contributed by atoms with Gasteiger partial charge in [-0.05, 0) is 19.9 Å². The molecule has 0 saturated carbocycles. The summed E-state index contributed by atoms with van der Waals surface area (Å²) in [6.07, 6.45) is -10.0. The molecule has 0 unspecified atom stereocenters. The minimum Gasteiger partial charge on any atom is -0.357 e. The maximum atomic E-state index is 13.3. The van der Waals surface area contributed by atoms with Crippen molar-refractivity contribution in [1.82, 2.24) is 19.9 Å². The molecule has 0 N–H and O–H groups in total. The smallest absolute Gasteiger partial charge is 0.357 e. The summed E-state index contributed by atoms with van der Waals surface area (Å²) in [4.78, 5) is 20.2. The molecule has 0 bridgehead atoms. The first kappa shape index (κ1) is 24.4. The van der Waals surface area contributed by atoms with Gasteiger partial charge in [0, 0.05) is 12.1 Å². The number of hydrogen-bond donors (Lipinski definition) is 0. The molecule has 2 heterocycles. The van der Waals surface area contributed by atoms with E-state index in [2.05, 4.69) is 10.2 Å². The number of benzene rings is 1. The van der Waals surface area contributed by atoms with E-state index in [1.54, 1.807) is 0 Å². The fourth-order valence-corrected chi connectivity index (χ4v) is 2.97. The molecule has 178 valence electrons. The van der Waals surface area contributed by atoms with Crippen LogP contribution < -0.4 is 9.68 Å². The number of nitro groups is 1. The molecule has 0 amide bonds. The highest BCUT2D eigenvalue weighted by Crippen LogP contribution is 2.39. The summed E-state index contributed by atoms with van der Waals surface area (Å²) < 4.78 is 79.9. The Bertz CT molecular complexity index is 1240. The highest BCUT2D eigenvalue weighted by Gasteiger charge is 2.42. The van der Waals surface area contributed by atoms with Gasteiger partial charge in [-0.25, -0.2) is 0 Å². The lowest BCUT2D eigenvalue weighted by Gasteiger charge is -2.13.